The van der Waals surface area contributed by atoms with Crippen molar-refractivity contribution in [3.05, 3.63) is 65.8 Å². The van der Waals surface area contributed by atoms with E-state index in [1.807, 2.05) is 46.1 Å². The van der Waals surface area contributed by atoms with Crippen molar-refractivity contribution < 1.29 is 13.9 Å². The Balaban J connectivity index is 1.27. The third-order valence-electron chi connectivity index (χ3n) is 7.22. The van der Waals surface area contributed by atoms with Crippen LogP contribution in [0.3, 0.4) is 0 Å². The number of nitrogens with zero attached hydrogens (tertiary/aromatic N) is 7. The van der Waals surface area contributed by atoms with Gasteiger partial charge in [-0.15, -0.1) is 10.2 Å². The SMILES string of the molecule is Cn1cc(Nc2nccc(-c3ccc4c(c3)CCN(C3COC3)CC4NC(=O)c3nnc(C(C)(C)C)o3)n2)cn1. The van der Waals surface area contributed by atoms with Gasteiger partial charge in [0.05, 0.1) is 42.9 Å². The first kappa shape index (κ1) is 26.1. The van der Waals surface area contributed by atoms with E-state index >= 15 is 0 Å². The number of anilines is 2. The lowest BCUT2D eigenvalue weighted by atomic mass is 9.96. The van der Waals surface area contributed by atoms with Crippen molar-refractivity contribution in [2.24, 2.45) is 7.05 Å². The lowest BCUT2D eigenvalue weighted by molar-refractivity contribution is -0.0658. The maximum Gasteiger partial charge on any atom is 0.309 e. The Bertz CT molecular complexity index is 1520. The molecule has 1 amide bonds. The van der Waals surface area contributed by atoms with Crippen LogP contribution < -0.4 is 10.6 Å². The number of hydrogen-bond donors (Lipinski definition) is 2. The summed E-state index contributed by atoms with van der Waals surface area (Å²) in [5.74, 6) is 0.520. The standard InChI is InChI=1S/C28H33N9O3/c1-28(2,3)26-35-34-25(40-26)24(38)32-23-14-37(20-15-39-16-20)10-8-17-11-18(5-6-21(17)23)22-7-9-29-27(33-22)31-19-12-30-36(4)13-19/h5-7,9,11-13,20,23H,8,10,14-16H2,1-4H3,(H,32,38)(H,29,31,33). The van der Waals surface area contributed by atoms with Gasteiger partial charge < -0.3 is 19.8 Å². The first-order valence-electron chi connectivity index (χ1n) is 13.4. The highest BCUT2D eigenvalue weighted by Gasteiger charge is 2.33. The molecule has 0 saturated carbocycles. The molecule has 4 aromatic rings. The molecule has 2 N–H and O–H groups in total. The molecule has 0 bridgehead atoms. The molecule has 208 valence electrons. The topological polar surface area (TPSA) is 136 Å². The van der Waals surface area contributed by atoms with Crippen LogP contribution in [0.25, 0.3) is 11.3 Å². The summed E-state index contributed by atoms with van der Waals surface area (Å²) in [4.78, 5) is 24.7. The molecule has 12 heteroatoms. The molecule has 1 saturated heterocycles. The van der Waals surface area contributed by atoms with Crippen LogP contribution in [0.15, 0.2) is 47.3 Å². The van der Waals surface area contributed by atoms with Crippen molar-refractivity contribution >= 4 is 17.5 Å². The zero-order valence-corrected chi connectivity index (χ0v) is 23.1. The molecule has 2 aliphatic rings. The van der Waals surface area contributed by atoms with Crippen molar-refractivity contribution in [1.82, 2.24) is 40.2 Å². The Kier molecular flexibility index (Phi) is 6.80. The zero-order chi connectivity index (χ0) is 27.9. The van der Waals surface area contributed by atoms with Gasteiger partial charge in [-0.05, 0) is 29.7 Å². The third-order valence-corrected chi connectivity index (χ3v) is 7.22. The number of rotatable bonds is 6. The molecule has 0 aliphatic carbocycles. The molecule has 2 aliphatic heterocycles. The molecule has 6 rings (SSSR count). The van der Waals surface area contributed by atoms with Crippen LogP contribution >= 0.6 is 0 Å². The Morgan fingerprint density at radius 1 is 1.15 bits per heavy atom. The number of nitrogens with one attached hydrogen (secondary N) is 2. The minimum Gasteiger partial charge on any atom is -0.416 e. The summed E-state index contributed by atoms with van der Waals surface area (Å²) in [5, 5.41) is 18.6. The molecule has 1 atom stereocenters. The summed E-state index contributed by atoms with van der Waals surface area (Å²) in [7, 11) is 1.86. The molecule has 5 heterocycles. The number of carbonyl (C=O) groups is 1. The smallest absolute Gasteiger partial charge is 0.309 e. The van der Waals surface area contributed by atoms with Crippen LogP contribution in [0.1, 0.15) is 54.5 Å². The van der Waals surface area contributed by atoms with Gasteiger partial charge in [0.25, 0.3) is 0 Å². The molecule has 12 nitrogen and oxygen atoms in total. The van der Waals surface area contributed by atoms with Crippen molar-refractivity contribution in [3.63, 3.8) is 0 Å². The predicted molar refractivity (Wildman–Crippen MR) is 147 cm³/mol. The quantitative estimate of drug-likeness (QED) is 0.373. The predicted octanol–water partition coefficient (Wildman–Crippen LogP) is 3.03. The Labute approximate surface area is 232 Å². The largest absolute Gasteiger partial charge is 0.416 e. The number of amides is 1. The Morgan fingerprint density at radius 3 is 2.70 bits per heavy atom. The summed E-state index contributed by atoms with van der Waals surface area (Å²) in [6.07, 6.45) is 6.17. The zero-order valence-electron chi connectivity index (χ0n) is 23.1. The highest BCUT2D eigenvalue weighted by molar-refractivity contribution is 5.89. The van der Waals surface area contributed by atoms with Gasteiger partial charge in [-0.3, -0.25) is 14.4 Å². The molecule has 0 spiro atoms. The molecule has 40 heavy (non-hydrogen) atoms. The van der Waals surface area contributed by atoms with Crippen LogP contribution in [-0.2, 0) is 23.6 Å². The van der Waals surface area contributed by atoms with Gasteiger partial charge >= 0.3 is 11.8 Å². The minimum atomic E-state index is -0.378. The first-order valence-corrected chi connectivity index (χ1v) is 13.4. The monoisotopic (exact) mass is 543 g/mol. The van der Waals surface area contributed by atoms with E-state index in [0.29, 0.717) is 37.6 Å². The molecule has 0 radical (unpaired) electrons. The molecule has 3 aromatic heterocycles. The summed E-state index contributed by atoms with van der Waals surface area (Å²) >= 11 is 0. The maximum absolute atomic E-state index is 13.2. The second-order valence-corrected chi connectivity index (χ2v) is 11.3. The number of ether oxygens (including phenoxy) is 1. The number of carbonyl (C=O) groups excluding carboxylic acids is 1. The van der Waals surface area contributed by atoms with Gasteiger partial charge in [0.2, 0.25) is 11.8 Å². The fourth-order valence-corrected chi connectivity index (χ4v) is 4.93. The van der Waals surface area contributed by atoms with Gasteiger partial charge in [0.15, 0.2) is 0 Å². The van der Waals surface area contributed by atoms with E-state index in [-0.39, 0.29) is 23.3 Å². The first-order chi connectivity index (χ1) is 19.2. The second kappa shape index (κ2) is 10.4. The van der Waals surface area contributed by atoms with Gasteiger partial charge in [0.1, 0.15) is 0 Å². The van der Waals surface area contributed by atoms with Gasteiger partial charge in [-0.2, -0.15) is 5.10 Å². The van der Waals surface area contributed by atoms with E-state index in [1.165, 1.54) is 0 Å². The number of fused-ring (bicyclic) bond motifs is 1. The van der Waals surface area contributed by atoms with Crippen LogP contribution in [0.4, 0.5) is 11.6 Å². The average molecular weight is 544 g/mol. The number of hydrogen-bond acceptors (Lipinski definition) is 10. The van der Waals surface area contributed by atoms with Crippen molar-refractivity contribution in [1.29, 1.82) is 0 Å². The number of aromatic nitrogens is 6. The summed E-state index contributed by atoms with van der Waals surface area (Å²) in [6, 6.07) is 8.27. The van der Waals surface area contributed by atoms with E-state index in [4.69, 9.17) is 14.1 Å². The van der Waals surface area contributed by atoms with Crippen molar-refractivity contribution in [2.45, 2.75) is 44.7 Å². The van der Waals surface area contributed by atoms with Gasteiger partial charge in [-0.1, -0.05) is 32.9 Å². The van der Waals surface area contributed by atoms with Crippen molar-refractivity contribution in [2.75, 3.05) is 31.6 Å². The minimum absolute atomic E-state index is 0.0273. The van der Waals surface area contributed by atoms with E-state index in [1.54, 1.807) is 17.1 Å². The third kappa shape index (κ3) is 5.45. The highest BCUT2D eigenvalue weighted by Crippen LogP contribution is 2.31. The fraction of sp³-hybridized carbons (Fsp3) is 0.429. The van der Waals surface area contributed by atoms with E-state index in [9.17, 15) is 4.79 Å². The Hall–Kier alpha value is -4.16. The lowest BCUT2D eigenvalue weighted by Gasteiger charge is -2.38. The van der Waals surface area contributed by atoms with E-state index < -0.39 is 0 Å². The van der Waals surface area contributed by atoms with Gasteiger partial charge in [-0.25, -0.2) is 9.97 Å². The number of benzene rings is 1. The molecular weight excluding hydrogens is 510 g/mol. The van der Waals surface area contributed by atoms with E-state index in [2.05, 4.69) is 47.9 Å². The van der Waals surface area contributed by atoms with Crippen LogP contribution in [0, 0.1) is 0 Å². The van der Waals surface area contributed by atoms with E-state index in [0.717, 1.165) is 41.0 Å². The molecule has 1 fully saturated rings. The summed E-state index contributed by atoms with van der Waals surface area (Å²) in [6.45, 7) is 8.84. The molecular formula is C28H33N9O3. The normalized spacial score (nSPS) is 18.1. The van der Waals surface area contributed by atoms with Crippen LogP contribution in [-0.4, -0.2) is 73.1 Å². The average Bonchev–Trinajstić information content (AvgIpc) is 3.51. The molecule has 1 aromatic carbocycles. The number of aryl methyl sites for hydroxylation is 1. The van der Waals surface area contributed by atoms with Gasteiger partial charge in [0, 0.05) is 43.5 Å². The Morgan fingerprint density at radius 2 is 2.00 bits per heavy atom. The van der Waals surface area contributed by atoms with Crippen LogP contribution in [0.5, 0.6) is 0 Å². The summed E-state index contributed by atoms with van der Waals surface area (Å²) in [5.41, 5.74) is 4.49. The highest BCUT2D eigenvalue weighted by atomic mass is 16.5. The second-order valence-electron chi connectivity index (χ2n) is 11.3. The fourth-order valence-electron chi connectivity index (χ4n) is 4.93. The molecule has 1 unspecified atom stereocenters. The van der Waals surface area contributed by atoms with Crippen molar-refractivity contribution in [3.8, 4) is 11.3 Å². The lowest BCUT2D eigenvalue weighted by Crippen LogP contribution is -2.51. The maximum atomic E-state index is 13.2. The summed E-state index contributed by atoms with van der Waals surface area (Å²) < 4.78 is 12.9. The van der Waals surface area contributed by atoms with Crippen LogP contribution in [0.2, 0.25) is 0 Å².